The third-order valence-corrected chi connectivity index (χ3v) is 2.66. The number of amides is 1. The van der Waals surface area contributed by atoms with Gasteiger partial charge in [0.2, 0.25) is 11.9 Å². The van der Waals surface area contributed by atoms with Crippen LogP contribution in [0.25, 0.3) is 0 Å². The average molecular weight is 242 g/mol. The molecule has 1 aliphatic heterocycles. The maximum absolute atomic E-state index is 11.6. The Morgan fingerprint density at radius 2 is 2.38 bits per heavy atom. The highest BCUT2D eigenvalue weighted by atomic mass is 35.5. The van der Waals surface area contributed by atoms with E-state index >= 15 is 0 Å². The number of nitrogens with two attached hydrogens (primary N) is 1. The van der Waals surface area contributed by atoms with E-state index in [1.54, 1.807) is 18.0 Å². The lowest BCUT2D eigenvalue weighted by atomic mass is 10.2. The predicted molar refractivity (Wildman–Crippen MR) is 61.1 cm³/mol. The molecule has 1 aromatic rings. The third-order valence-electron chi connectivity index (χ3n) is 2.46. The SMILES string of the molecule is CN1CCC(Nc2cc(Cl)nc(N)n2)C1=O. The van der Waals surface area contributed by atoms with Gasteiger partial charge in [0.05, 0.1) is 0 Å². The zero-order valence-electron chi connectivity index (χ0n) is 8.77. The minimum atomic E-state index is -0.254. The molecule has 0 radical (unpaired) electrons. The summed E-state index contributed by atoms with van der Waals surface area (Å²) in [4.78, 5) is 21.0. The molecule has 1 amide bonds. The molecular weight excluding hydrogens is 230 g/mol. The summed E-state index contributed by atoms with van der Waals surface area (Å²) in [7, 11) is 1.77. The first-order chi connectivity index (χ1) is 7.56. The fourth-order valence-corrected chi connectivity index (χ4v) is 1.83. The number of anilines is 2. The second-order valence-corrected chi connectivity index (χ2v) is 4.07. The molecule has 0 aliphatic carbocycles. The second-order valence-electron chi connectivity index (χ2n) is 3.68. The largest absolute Gasteiger partial charge is 0.368 e. The number of nitrogens with one attached hydrogen (secondary N) is 1. The number of nitrogens with zero attached hydrogens (tertiary/aromatic N) is 3. The van der Waals surface area contributed by atoms with Crippen LogP contribution < -0.4 is 11.1 Å². The van der Waals surface area contributed by atoms with Gasteiger partial charge in [0.15, 0.2) is 0 Å². The van der Waals surface area contributed by atoms with Gasteiger partial charge in [-0.25, -0.2) is 4.98 Å². The number of halogens is 1. The summed E-state index contributed by atoms with van der Waals surface area (Å²) in [5.74, 6) is 0.619. The van der Waals surface area contributed by atoms with Crippen LogP contribution in [0.5, 0.6) is 0 Å². The number of nitrogen functional groups attached to an aromatic ring is 1. The van der Waals surface area contributed by atoms with E-state index in [4.69, 9.17) is 17.3 Å². The Balaban J connectivity index is 2.12. The molecule has 2 rings (SSSR count). The average Bonchev–Trinajstić information content (AvgIpc) is 2.48. The van der Waals surface area contributed by atoms with Crippen molar-refractivity contribution in [2.75, 3.05) is 24.6 Å². The van der Waals surface area contributed by atoms with Crippen LogP contribution in [0.4, 0.5) is 11.8 Å². The molecule has 1 aromatic heterocycles. The Hall–Kier alpha value is -1.56. The number of aromatic nitrogens is 2. The monoisotopic (exact) mass is 241 g/mol. The van der Waals surface area contributed by atoms with E-state index < -0.39 is 0 Å². The molecule has 7 heteroatoms. The number of carbonyl (C=O) groups is 1. The molecule has 1 unspecified atom stereocenters. The van der Waals surface area contributed by atoms with Crippen molar-refractivity contribution < 1.29 is 4.79 Å². The van der Waals surface area contributed by atoms with Crippen molar-refractivity contribution in [1.29, 1.82) is 0 Å². The summed E-state index contributed by atoms with van der Waals surface area (Å²) >= 11 is 5.73. The molecule has 0 aromatic carbocycles. The van der Waals surface area contributed by atoms with Crippen molar-refractivity contribution in [2.24, 2.45) is 0 Å². The lowest BCUT2D eigenvalue weighted by Crippen LogP contribution is -2.31. The van der Waals surface area contributed by atoms with Crippen molar-refractivity contribution in [3.8, 4) is 0 Å². The number of hydrogen-bond acceptors (Lipinski definition) is 5. The van der Waals surface area contributed by atoms with Crippen molar-refractivity contribution in [3.05, 3.63) is 11.2 Å². The molecular formula is C9H12ClN5O. The molecule has 1 atom stereocenters. The second kappa shape index (κ2) is 4.13. The molecule has 86 valence electrons. The summed E-state index contributed by atoms with van der Waals surface area (Å²) in [6, 6.07) is 1.29. The normalized spacial score (nSPS) is 20.2. The maximum Gasteiger partial charge on any atom is 0.244 e. The highest BCUT2D eigenvalue weighted by Gasteiger charge is 2.29. The number of rotatable bonds is 2. The number of likely N-dealkylation sites (N-methyl/N-ethyl adjacent to an activating group) is 1. The van der Waals surface area contributed by atoms with Gasteiger partial charge in [-0.3, -0.25) is 4.79 Å². The lowest BCUT2D eigenvalue weighted by Gasteiger charge is -2.12. The van der Waals surface area contributed by atoms with Gasteiger partial charge in [0.25, 0.3) is 0 Å². The minimum Gasteiger partial charge on any atom is -0.368 e. The Morgan fingerprint density at radius 3 is 2.94 bits per heavy atom. The van der Waals surface area contributed by atoms with Crippen molar-refractivity contribution in [1.82, 2.24) is 14.9 Å². The van der Waals surface area contributed by atoms with E-state index in [0.29, 0.717) is 5.82 Å². The topological polar surface area (TPSA) is 84.1 Å². The summed E-state index contributed by atoms with van der Waals surface area (Å²) in [5.41, 5.74) is 5.45. The van der Waals surface area contributed by atoms with E-state index in [0.717, 1.165) is 13.0 Å². The molecule has 1 saturated heterocycles. The molecule has 0 bridgehead atoms. The third kappa shape index (κ3) is 2.16. The molecule has 1 fully saturated rings. The van der Waals surface area contributed by atoms with E-state index in [1.165, 1.54) is 0 Å². The molecule has 0 spiro atoms. The van der Waals surface area contributed by atoms with Gasteiger partial charge < -0.3 is 16.0 Å². The van der Waals surface area contributed by atoms with E-state index in [2.05, 4.69) is 15.3 Å². The highest BCUT2D eigenvalue weighted by molar-refractivity contribution is 6.29. The van der Waals surface area contributed by atoms with Crippen molar-refractivity contribution in [2.45, 2.75) is 12.5 Å². The van der Waals surface area contributed by atoms with Gasteiger partial charge in [-0.2, -0.15) is 4.98 Å². The first kappa shape index (κ1) is 10.9. The van der Waals surface area contributed by atoms with Gasteiger partial charge in [-0.1, -0.05) is 11.6 Å². The zero-order valence-corrected chi connectivity index (χ0v) is 9.53. The smallest absolute Gasteiger partial charge is 0.244 e. The fourth-order valence-electron chi connectivity index (χ4n) is 1.64. The molecule has 1 aliphatic rings. The Kier molecular flexibility index (Phi) is 2.82. The van der Waals surface area contributed by atoms with Crippen LogP contribution in [-0.2, 0) is 4.79 Å². The molecule has 0 saturated carbocycles. The van der Waals surface area contributed by atoms with Crippen LogP contribution >= 0.6 is 11.6 Å². The summed E-state index contributed by atoms with van der Waals surface area (Å²) in [6.07, 6.45) is 0.747. The van der Waals surface area contributed by atoms with Crippen molar-refractivity contribution >= 4 is 29.3 Å². The molecule has 6 nitrogen and oxygen atoms in total. The summed E-state index contributed by atoms with van der Waals surface area (Å²) < 4.78 is 0. The minimum absolute atomic E-state index is 0.0494. The van der Waals surface area contributed by atoms with Crippen LogP contribution in [-0.4, -0.2) is 40.4 Å². The number of hydrogen-bond donors (Lipinski definition) is 2. The van der Waals surface area contributed by atoms with Crippen LogP contribution in [0.3, 0.4) is 0 Å². The maximum atomic E-state index is 11.6. The van der Waals surface area contributed by atoms with E-state index in [-0.39, 0.29) is 23.1 Å². The van der Waals surface area contributed by atoms with E-state index in [1.807, 2.05) is 0 Å². The van der Waals surface area contributed by atoms with Gasteiger partial charge in [-0.15, -0.1) is 0 Å². The Labute approximate surface area is 97.8 Å². The fraction of sp³-hybridized carbons (Fsp3) is 0.444. The lowest BCUT2D eigenvalue weighted by molar-refractivity contribution is -0.127. The zero-order chi connectivity index (χ0) is 11.7. The van der Waals surface area contributed by atoms with E-state index in [9.17, 15) is 4.79 Å². The van der Waals surface area contributed by atoms with Gasteiger partial charge in [0, 0.05) is 19.7 Å². The Morgan fingerprint density at radius 1 is 1.62 bits per heavy atom. The molecule has 3 N–H and O–H groups in total. The van der Waals surface area contributed by atoms with Gasteiger partial charge >= 0.3 is 0 Å². The standard InChI is InChI=1S/C9H12ClN5O/c1-15-3-2-5(8(15)16)12-7-4-6(10)13-9(11)14-7/h4-5H,2-3H2,1H3,(H3,11,12,13,14). The predicted octanol–water partition coefficient (Wildman–Crippen LogP) is 0.355. The number of likely N-dealkylation sites (tertiary alicyclic amines) is 1. The Bertz CT molecular complexity index is 404. The van der Waals surface area contributed by atoms with Crippen LogP contribution in [0, 0.1) is 0 Å². The number of carbonyl (C=O) groups excluding carboxylic acids is 1. The van der Waals surface area contributed by atoms with Crippen molar-refractivity contribution in [3.63, 3.8) is 0 Å². The molecule has 2 heterocycles. The first-order valence-electron chi connectivity index (χ1n) is 4.88. The summed E-state index contributed by atoms with van der Waals surface area (Å²) in [6.45, 7) is 0.741. The highest BCUT2D eigenvalue weighted by Crippen LogP contribution is 2.17. The van der Waals surface area contributed by atoms with Crippen LogP contribution in [0.15, 0.2) is 6.07 Å². The first-order valence-corrected chi connectivity index (χ1v) is 5.25. The van der Waals surface area contributed by atoms with Gasteiger partial charge in [0.1, 0.15) is 17.0 Å². The van der Waals surface area contributed by atoms with Gasteiger partial charge in [-0.05, 0) is 6.42 Å². The molecule has 16 heavy (non-hydrogen) atoms. The van der Waals surface area contributed by atoms with Crippen LogP contribution in [0.1, 0.15) is 6.42 Å². The quantitative estimate of drug-likeness (QED) is 0.731. The summed E-state index contributed by atoms with van der Waals surface area (Å²) in [5, 5.41) is 3.25. The van der Waals surface area contributed by atoms with Crippen LogP contribution in [0.2, 0.25) is 5.15 Å².